The van der Waals surface area contributed by atoms with Gasteiger partial charge in [-0.25, -0.2) is 0 Å². The van der Waals surface area contributed by atoms with Gasteiger partial charge >= 0.3 is 0 Å². The number of nitrogens with zero attached hydrogens (tertiary/aromatic N) is 2. The van der Waals surface area contributed by atoms with Gasteiger partial charge in [0.15, 0.2) is 13.2 Å². The minimum atomic E-state index is 0.0401. The first-order valence-electron chi connectivity index (χ1n) is 11.3. The molecule has 0 radical (unpaired) electrons. The molecule has 32 heavy (non-hydrogen) atoms. The summed E-state index contributed by atoms with van der Waals surface area (Å²) in [6.07, 6.45) is 1.80. The number of rotatable bonds is 10. The van der Waals surface area contributed by atoms with Crippen LogP contribution in [0, 0.1) is 0 Å². The number of allylic oxidation sites excluding steroid dienone is 2. The lowest BCUT2D eigenvalue weighted by Crippen LogP contribution is -2.19. The molecule has 2 aromatic carbocycles. The largest absolute Gasteiger partial charge is 0.484 e. The van der Waals surface area contributed by atoms with Crippen molar-refractivity contribution in [3.63, 3.8) is 0 Å². The van der Waals surface area contributed by atoms with Gasteiger partial charge in [0.25, 0.3) is 11.8 Å². The van der Waals surface area contributed by atoms with E-state index in [-0.39, 0.29) is 25.0 Å². The number of benzene rings is 2. The molecule has 0 bridgehead atoms. The van der Waals surface area contributed by atoms with Gasteiger partial charge in [0.2, 0.25) is 0 Å². The van der Waals surface area contributed by atoms with E-state index in [1.807, 2.05) is 24.3 Å². The van der Waals surface area contributed by atoms with Crippen molar-refractivity contribution in [1.29, 1.82) is 0 Å². The standard InChI is InChI=1S/C26H30N2O4/c1-3-23(19-5-9-21(10-6-19)31-17-25(29)27-13-14-27)24(4-2)20-7-11-22(12-8-20)32-18-26(30)28-15-16-28/h5-12H,3-4,13-18H2,1-2H3/b24-23-. The van der Waals surface area contributed by atoms with E-state index in [0.717, 1.165) is 50.1 Å². The summed E-state index contributed by atoms with van der Waals surface area (Å²) >= 11 is 0. The van der Waals surface area contributed by atoms with Crippen LogP contribution < -0.4 is 9.47 Å². The highest BCUT2D eigenvalue weighted by Crippen LogP contribution is 2.33. The molecule has 2 amide bonds. The topological polar surface area (TPSA) is 58.6 Å². The third kappa shape index (κ3) is 5.49. The van der Waals surface area contributed by atoms with Gasteiger partial charge in [-0.3, -0.25) is 9.59 Å². The Bertz CT molecular complexity index is 906. The molecule has 2 heterocycles. The molecule has 4 rings (SSSR count). The zero-order chi connectivity index (χ0) is 22.5. The molecular weight excluding hydrogens is 404 g/mol. The van der Waals surface area contributed by atoms with Crippen molar-refractivity contribution in [2.75, 3.05) is 39.4 Å². The van der Waals surface area contributed by atoms with E-state index in [4.69, 9.17) is 9.47 Å². The van der Waals surface area contributed by atoms with Crippen molar-refractivity contribution in [3.05, 3.63) is 59.7 Å². The summed E-state index contributed by atoms with van der Waals surface area (Å²) in [6, 6.07) is 15.9. The smallest absolute Gasteiger partial charge is 0.260 e. The molecule has 0 spiro atoms. The van der Waals surface area contributed by atoms with Crippen LogP contribution in [0.3, 0.4) is 0 Å². The molecule has 6 nitrogen and oxygen atoms in total. The van der Waals surface area contributed by atoms with E-state index in [2.05, 4.69) is 38.1 Å². The van der Waals surface area contributed by atoms with Crippen molar-refractivity contribution < 1.29 is 19.1 Å². The van der Waals surface area contributed by atoms with Gasteiger partial charge in [0.1, 0.15) is 11.5 Å². The fraction of sp³-hybridized carbons (Fsp3) is 0.385. The normalized spacial score (nSPS) is 15.2. The summed E-state index contributed by atoms with van der Waals surface area (Å²) in [5, 5.41) is 0. The van der Waals surface area contributed by atoms with Crippen LogP contribution in [0.5, 0.6) is 11.5 Å². The Kier molecular flexibility index (Phi) is 6.78. The molecule has 168 valence electrons. The second kappa shape index (κ2) is 9.90. The fourth-order valence-electron chi connectivity index (χ4n) is 3.76. The summed E-state index contributed by atoms with van der Waals surface area (Å²) < 4.78 is 11.3. The fourth-order valence-corrected chi connectivity index (χ4v) is 3.76. The monoisotopic (exact) mass is 434 g/mol. The Morgan fingerprint density at radius 1 is 0.656 bits per heavy atom. The van der Waals surface area contributed by atoms with Gasteiger partial charge in [-0.05, 0) is 59.4 Å². The lowest BCUT2D eigenvalue weighted by atomic mass is 9.91. The zero-order valence-electron chi connectivity index (χ0n) is 18.8. The minimum absolute atomic E-state index is 0.0401. The van der Waals surface area contributed by atoms with Gasteiger partial charge < -0.3 is 19.3 Å². The van der Waals surface area contributed by atoms with E-state index in [1.54, 1.807) is 9.80 Å². The summed E-state index contributed by atoms with van der Waals surface area (Å²) in [4.78, 5) is 27.1. The number of hydrogen-bond acceptors (Lipinski definition) is 4. The predicted octanol–water partition coefficient (Wildman–Crippen LogP) is 3.86. The molecule has 2 saturated heterocycles. The number of ether oxygens (including phenoxy) is 2. The molecule has 0 aromatic heterocycles. The second-order valence-corrected chi connectivity index (χ2v) is 8.05. The highest BCUT2D eigenvalue weighted by atomic mass is 16.5. The Balaban J connectivity index is 1.44. The van der Waals surface area contributed by atoms with Crippen LogP contribution in [0.4, 0.5) is 0 Å². The summed E-state index contributed by atoms with van der Waals surface area (Å²) in [5.41, 5.74) is 4.87. The van der Waals surface area contributed by atoms with E-state index in [1.165, 1.54) is 11.1 Å². The van der Waals surface area contributed by atoms with Crippen LogP contribution in [0.2, 0.25) is 0 Å². The molecule has 0 N–H and O–H groups in total. The third-order valence-electron chi connectivity index (χ3n) is 5.80. The lowest BCUT2D eigenvalue weighted by molar-refractivity contribution is -0.128. The Morgan fingerprint density at radius 3 is 1.28 bits per heavy atom. The van der Waals surface area contributed by atoms with Crippen LogP contribution in [-0.2, 0) is 9.59 Å². The molecule has 0 saturated carbocycles. The van der Waals surface area contributed by atoms with Crippen LogP contribution in [0.1, 0.15) is 37.8 Å². The van der Waals surface area contributed by atoms with Crippen molar-refractivity contribution in [1.82, 2.24) is 9.80 Å². The van der Waals surface area contributed by atoms with E-state index in [0.29, 0.717) is 11.5 Å². The number of carbonyl (C=O) groups is 2. The highest BCUT2D eigenvalue weighted by Gasteiger charge is 2.24. The van der Waals surface area contributed by atoms with E-state index >= 15 is 0 Å². The van der Waals surface area contributed by atoms with Crippen molar-refractivity contribution in [2.24, 2.45) is 0 Å². The first-order valence-corrected chi connectivity index (χ1v) is 11.3. The third-order valence-corrected chi connectivity index (χ3v) is 5.80. The highest BCUT2D eigenvalue weighted by molar-refractivity contribution is 5.91. The molecule has 0 unspecified atom stereocenters. The first kappa shape index (κ1) is 21.9. The number of amides is 2. The molecule has 0 aliphatic carbocycles. The Labute approximate surface area is 189 Å². The van der Waals surface area contributed by atoms with Crippen LogP contribution in [0.25, 0.3) is 11.1 Å². The average Bonchev–Trinajstić information content (AvgIpc) is 3.73. The van der Waals surface area contributed by atoms with Crippen molar-refractivity contribution in [3.8, 4) is 11.5 Å². The Hall–Kier alpha value is -3.28. The zero-order valence-corrected chi connectivity index (χ0v) is 18.8. The molecular formula is C26H30N2O4. The van der Waals surface area contributed by atoms with Gasteiger partial charge in [0, 0.05) is 26.2 Å². The summed E-state index contributed by atoms with van der Waals surface area (Å²) in [5.74, 6) is 1.49. The molecule has 0 atom stereocenters. The van der Waals surface area contributed by atoms with Crippen LogP contribution in [0.15, 0.2) is 48.5 Å². The van der Waals surface area contributed by atoms with Gasteiger partial charge in [-0.15, -0.1) is 0 Å². The minimum Gasteiger partial charge on any atom is -0.484 e. The quantitative estimate of drug-likeness (QED) is 0.421. The van der Waals surface area contributed by atoms with Crippen molar-refractivity contribution >= 4 is 23.0 Å². The summed E-state index contributed by atoms with van der Waals surface area (Å²) in [6.45, 7) is 7.88. The number of hydrogen-bond donors (Lipinski definition) is 0. The molecule has 6 heteroatoms. The van der Waals surface area contributed by atoms with Crippen molar-refractivity contribution in [2.45, 2.75) is 26.7 Å². The van der Waals surface area contributed by atoms with Gasteiger partial charge in [-0.2, -0.15) is 0 Å². The SMILES string of the molecule is CC/C(=C(\CC)c1ccc(OCC(=O)N2CC2)cc1)c1ccc(OCC(=O)N2CC2)cc1. The lowest BCUT2D eigenvalue weighted by Gasteiger charge is -2.15. The maximum atomic E-state index is 11.8. The molecule has 2 fully saturated rings. The predicted molar refractivity (Wildman–Crippen MR) is 124 cm³/mol. The first-order chi connectivity index (χ1) is 15.6. The maximum absolute atomic E-state index is 11.8. The number of carbonyl (C=O) groups excluding carboxylic acids is 2. The van der Waals surface area contributed by atoms with E-state index in [9.17, 15) is 9.59 Å². The maximum Gasteiger partial charge on any atom is 0.260 e. The van der Waals surface area contributed by atoms with Gasteiger partial charge in [-0.1, -0.05) is 38.1 Å². The van der Waals surface area contributed by atoms with Crippen LogP contribution >= 0.6 is 0 Å². The second-order valence-electron chi connectivity index (χ2n) is 8.05. The molecule has 2 aliphatic heterocycles. The van der Waals surface area contributed by atoms with E-state index < -0.39 is 0 Å². The van der Waals surface area contributed by atoms with Gasteiger partial charge in [0.05, 0.1) is 0 Å². The Morgan fingerprint density at radius 2 is 1.00 bits per heavy atom. The molecule has 2 aliphatic rings. The summed E-state index contributed by atoms with van der Waals surface area (Å²) in [7, 11) is 0. The van der Waals surface area contributed by atoms with Crippen LogP contribution in [-0.4, -0.2) is 61.0 Å². The average molecular weight is 435 g/mol. The molecule has 2 aromatic rings.